The average Bonchev–Trinajstić information content (AvgIpc) is 2.85. The third-order valence-electron chi connectivity index (χ3n) is 5.65. The van der Waals surface area contributed by atoms with Crippen molar-refractivity contribution >= 4 is 11.9 Å². The lowest BCUT2D eigenvalue weighted by molar-refractivity contribution is -0.145. The Morgan fingerprint density at radius 2 is 1.31 bits per heavy atom. The van der Waals surface area contributed by atoms with Crippen LogP contribution in [0.3, 0.4) is 0 Å². The van der Waals surface area contributed by atoms with Gasteiger partial charge in [-0.3, -0.25) is 4.79 Å². The first-order valence-corrected chi connectivity index (χ1v) is 10.8. The van der Waals surface area contributed by atoms with Gasteiger partial charge in [0, 0.05) is 0 Å². The molecule has 3 aromatic rings. The summed E-state index contributed by atoms with van der Waals surface area (Å²) in [6, 6.07) is 28.3. The van der Waals surface area contributed by atoms with Crippen LogP contribution in [-0.4, -0.2) is 25.0 Å². The SMILES string of the molecule is C=CCCC[C@H](NC(=O)C(c1ccccc1)(c1ccccc1)c1ccccc1)C(=O)OC. The van der Waals surface area contributed by atoms with Gasteiger partial charge in [-0.25, -0.2) is 4.79 Å². The van der Waals surface area contributed by atoms with E-state index in [-0.39, 0.29) is 5.91 Å². The highest BCUT2D eigenvalue weighted by Gasteiger charge is 2.45. The van der Waals surface area contributed by atoms with E-state index >= 15 is 0 Å². The summed E-state index contributed by atoms with van der Waals surface area (Å²) in [6.07, 6.45) is 3.75. The lowest BCUT2D eigenvalue weighted by Gasteiger charge is -2.35. The van der Waals surface area contributed by atoms with E-state index in [0.717, 1.165) is 29.5 Å². The van der Waals surface area contributed by atoms with E-state index in [2.05, 4.69) is 11.9 Å². The molecule has 0 aliphatic rings. The first-order valence-electron chi connectivity index (χ1n) is 10.8. The Hall–Kier alpha value is -3.66. The number of nitrogens with one attached hydrogen (secondary N) is 1. The van der Waals surface area contributed by atoms with Crippen LogP contribution in [0, 0.1) is 0 Å². The van der Waals surface area contributed by atoms with Crippen molar-refractivity contribution in [2.45, 2.75) is 30.7 Å². The molecule has 0 unspecified atom stereocenters. The number of methoxy groups -OCH3 is 1. The highest BCUT2D eigenvalue weighted by Crippen LogP contribution is 2.39. The number of unbranched alkanes of at least 4 members (excludes halogenated alkanes) is 1. The van der Waals surface area contributed by atoms with E-state index in [1.807, 2.05) is 91.0 Å². The molecule has 0 heterocycles. The van der Waals surface area contributed by atoms with Gasteiger partial charge >= 0.3 is 5.97 Å². The maximum atomic E-state index is 14.2. The molecule has 0 radical (unpaired) electrons. The standard InChI is InChI=1S/C28H29NO3/c1-3-4-8-21-25(26(30)32-2)29-27(31)28(22-15-9-5-10-16-22,23-17-11-6-12-18-23)24-19-13-7-14-20-24/h3,5-7,9-20,25H,1,4,8,21H2,2H3,(H,29,31)/t25-/m0/s1. The molecule has 0 aliphatic heterocycles. The van der Waals surface area contributed by atoms with Crippen molar-refractivity contribution in [3.05, 3.63) is 120 Å². The molecule has 1 atom stereocenters. The van der Waals surface area contributed by atoms with E-state index in [9.17, 15) is 9.59 Å². The van der Waals surface area contributed by atoms with Gasteiger partial charge in [0.05, 0.1) is 7.11 Å². The molecule has 0 spiro atoms. The zero-order valence-electron chi connectivity index (χ0n) is 18.4. The summed E-state index contributed by atoms with van der Waals surface area (Å²) in [7, 11) is 1.34. The van der Waals surface area contributed by atoms with Crippen LogP contribution in [-0.2, 0) is 19.7 Å². The topological polar surface area (TPSA) is 55.4 Å². The Morgan fingerprint density at radius 3 is 1.69 bits per heavy atom. The predicted molar refractivity (Wildman–Crippen MR) is 127 cm³/mol. The van der Waals surface area contributed by atoms with Gasteiger partial charge in [-0.1, -0.05) is 97.1 Å². The lowest BCUT2D eigenvalue weighted by Crippen LogP contribution is -2.52. The fourth-order valence-corrected chi connectivity index (χ4v) is 4.08. The Kier molecular flexibility index (Phi) is 7.98. The molecule has 0 saturated carbocycles. The quantitative estimate of drug-likeness (QED) is 0.214. The zero-order valence-corrected chi connectivity index (χ0v) is 18.4. The molecule has 0 aliphatic carbocycles. The number of carbonyl (C=O) groups is 2. The molecule has 32 heavy (non-hydrogen) atoms. The first kappa shape index (κ1) is 23.0. The molecular weight excluding hydrogens is 398 g/mol. The van der Waals surface area contributed by atoms with Gasteiger partial charge in [-0.2, -0.15) is 0 Å². The van der Waals surface area contributed by atoms with Crippen LogP contribution in [0.5, 0.6) is 0 Å². The fourth-order valence-electron chi connectivity index (χ4n) is 4.08. The highest BCUT2D eigenvalue weighted by atomic mass is 16.5. The molecule has 164 valence electrons. The van der Waals surface area contributed by atoms with Gasteiger partial charge in [-0.05, 0) is 36.0 Å². The second-order valence-corrected chi connectivity index (χ2v) is 7.62. The minimum Gasteiger partial charge on any atom is -0.467 e. The van der Waals surface area contributed by atoms with Gasteiger partial charge in [0.1, 0.15) is 11.5 Å². The molecule has 4 nitrogen and oxygen atoms in total. The Bertz CT molecular complexity index is 920. The number of rotatable bonds is 10. The van der Waals surface area contributed by atoms with Crippen LogP contribution in [0.4, 0.5) is 0 Å². The summed E-state index contributed by atoms with van der Waals surface area (Å²) in [5, 5.41) is 3.02. The highest BCUT2D eigenvalue weighted by molar-refractivity contribution is 5.98. The largest absolute Gasteiger partial charge is 0.467 e. The van der Waals surface area contributed by atoms with Crippen LogP contribution in [0.15, 0.2) is 104 Å². The van der Waals surface area contributed by atoms with E-state index in [1.54, 1.807) is 6.08 Å². The Morgan fingerprint density at radius 1 is 0.875 bits per heavy atom. The monoisotopic (exact) mass is 427 g/mol. The normalized spacial score (nSPS) is 11.9. The molecule has 1 amide bonds. The smallest absolute Gasteiger partial charge is 0.328 e. The Labute approximate surface area is 189 Å². The predicted octanol–water partition coefficient (Wildman–Crippen LogP) is 5.04. The number of amides is 1. The van der Waals surface area contributed by atoms with E-state index in [0.29, 0.717) is 6.42 Å². The minimum atomic E-state index is -1.13. The average molecular weight is 428 g/mol. The van der Waals surface area contributed by atoms with Gasteiger partial charge < -0.3 is 10.1 Å². The third kappa shape index (κ3) is 4.80. The van der Waals surface area contributed by atoms with Crippen molar-refractivity contribution in [2.75, 3.05) is 7.11 Å². The summed E-state index contributed by atoms with van der Waals surface area (Å²) >= 11 is 0. The molecule has 0 aromatic heterocycles. The number of hydrogen-bond acceptors (Lipinski definition) is 3. The molecule has 3 rings (SSSR count). The maximum Gasteiger partial charge on any atom is 0.328 e. The van der Waals surface area contributed by atoms with Crippen molar-refractivity contribution in [1.82, 2.24) is 5.32 Å². The van der Waals surface area contributed by atoms with Gasteiger partial charge in [0.15, 0.2) is 0 Å². The molecule has 4 heteroatoms. The lowest BCUT2D eigenvalue weighted by atomic mass is 9.68. The number of esters is 1. The van der Waals surface area contributed by atoms with Crippen LogP contribution in [0.25, 0.3) is 0 Å². The number of hydrogen-bond donors (Lipinski definition) is 1. The second kappa shape index (κ2) is 11.1. The molecule has 0 saturated heterocycles. The second-order valence-electron chi connectivity index (χ2n) is 7.62. The van der Waals surface area contributed by atoms with Crippen molar-refractivity contribution in [3.63, 3.8) is 0 Å². The van der Waals surface area contributed by atoms with Gasteiger partial charge in [0.2, 0.25) is 5.91 Å². The summed E-state index contributed by atoms with van der Waals surface area (Å²) in [5.41, 5.74) is 1.34. The number of allylic oxidation sites excluding steroid dienone is 1. The molecule has 3 aromatic carbocycles. The molecule has 0 bridgehead atoms. The van der Waals surface area contributed by atoms with Crippen LogP contribution in [0.2, 0.25) is 0 Å². The number of benzene rings is 3. The van der Waals surface area contributed by atoms with E-state index in [1.165, 1.54) is 7.11 Å². The van der Waals surface area contributed by atoms with Gasteiger partial charge in [-0.15, -0.1) is 6.58 Å². The van der Waals surface area contributed by atoms with Crippen LogP contribution >= 0.6 is 0 Å². The van der Waals surface area contributed by atoms with Crippen LogP contribution < -0.4 is 5.32 Å². The van der Waals surface area contributed by atoms with E-state index < -0.39 is 17.4 Å². The fraction of sp³-hybridized carbons (Fsp3) is 0.214. The van der Waals surface area contributed by atoms with Crippen molar-refractivity contribution in [1.29, 1.82) is 0 Å². The summed E-state index contributed by atoms with van der Waals surface area (Å²) in [6.45, 7) is 3.74. The van der Waals surface area contributed by atoms with Crippen molar-refractivity contribution in [2.24, 2.45) is 0 Å². The third-order valence-corrected chi connectivity index (χ3v) is 5.65. The Balaban J connectivity index is 2.16. The molecule has 0 fully saturated rings. The van der Waals surface area contributed by atoms with E-state index in [4.69, 9.17) is 4.74 Å². The minimum absolute atomic E-state index is 0.268. The molecule has 1 N–H and O–H groups in total. The van der Waals surface area contributed by atoms with Crippen LogP contribution in [0.1, 0.15) is 36.0 Å². The maximum absolute atomic E-state index is 14.2. The summed E-state index contributed by atoms with van der Waals surface area (Å²) in [5.74, 6) is -0.722. The zero-order chi connectivity index (χ0) is 22.8. The van der Waals surface area contributed by atoms with Crippen molar-refractivity contribution in [3.8, 4) is 0 Å². The number of carbonyl (C=O) groups excluding carboxylic acids is 2. The first-order chi connectivity index (χ1) is 15.6. The van der Waals surface area contributed by atoms with Gasteiger partial charge in [0.25, 0.3) is 0 Å². The number of ether oxygens (including phenoxy) is 1. The summed E-state index contributed by atoms with van der Waals surface area (Å²) < 4.78 is 4.99. The van der Waals surface area contributed by atoms with Crippen molar-refractivity contribution < 1.29 is 14.3 Å². The molecular formula is C28H29NO3. The summed E-state index contributed by atoms with van der Waals surface area (Å²) in [4.78, 5) is 26.7.